The Kier molecular flexibility index (Phi) is 4.60. The molecule has 4 heteroatoms. The van der Waals surface area contributed by atoms with Gasteiger partial charge in [0.2, 0.25) is 0 Å². The van der Waals surface area contributed by atoms with Crippen LogP contribution < -0.4 is 4.74 Å². The molecule has 0 spiro atoms. The van der Waals surface area contributed by atoms with Gasteiger partial charge in [0.1, 0.15) is 11.4 Å². The van der Waals surface area contributed by atoms with Crippen molar-refractivity contribution < 1.29 is 14.3 Å². The lowest BCUT2D eigenvalue weighted by atomic mass is 9.94. The minimum atomic E-state index is -0.310. The van der Waals surface area contributed by atoms with Crippen LogP contribution in [0, 0.1) is 0 Å². The summed E-state index contributed by atoms with van der Waals surface area (Å²) < 4.78 is 11.2. The van der Waals surface area contributed by atoms with E-state index in [0.717, 1.165) is 50.1 Å². The molecule has 2 heterocycles. The number of hydrogen-bond donors (Lipinski definition) is 0. The predicted octanol–water partition coefficient (Wildman–Crippen LogP) is 3.62. The van der Waals surface area contributed by atoms with Crippen molar-refractivity contribution in [1.29, 1.82) is 0 Å². The highest BCUT2D eigenvalue weighted by Gasteiger charge is 2.46. The Morgan fingerprint density at radius 2 is 2.30 bits per heavy atom. The summed E-state index contributed by atoms with van der Waals surface area (Å²) in [6, 6.07) is 8.06. The smallest absolute Gasteiger partial charge is 0.306 e. The number of carbonyl (C=O) groups is 1. The van der Waals surface area contributed by atoms with Gasteiger partial charge in [-0.15, -0.1) is 0 Å². The number of fused-ring (bicyclic) bond motifs is 2. The van der Waals surface area contributed by atoms with Crippen molar-refractivity contribution in [2.75, 3.05) is 20.2 Å². The number of carbonyl (C=O) groups excluding carboxylic acids is 1. The Balaban J connectivity index is 1.79. The van der Waals surface area contributed by atoms with Crippen molar-refractivity contribution in [2.45, 2.75) is 44.6 Å². The Bertz CT molecular complexity index is 610. The van der Waals surface area contributed by atoms with E-state index in [9.17, 15) is 4.79 Å². The largest absolute Gasteiger partial charge is 0.497 e. The van der Waals surface area contributed by atoms with Gasteiger partial charge in [-0.2, -0.15) is 0 Å². The average molecular weight is 315 g/mol. The number of ether oxygens (including phenoxy) is 2. The van der Waals surface area contributed by atoms with Crippen LogP contribution >= 0.6 is 0 Å². The van der Waals surface area contributed by atoms with E-state index in [4.69, 9.17) is 9.47 Å². The summed E-state index contributed by atoms with van der Waals surface area (Å²) >= 11 is 0. The highest BCUT2D eigenvalue weighted by molar-refractivity contribution is 5.70. The molecule has 0 N–H and O–H groups in total. The van der Waals surface area contributed by atoms with Crippen LogP contribution in [0.15, 0.2) is 30.0 Å². The molecule has 2 aliphatic heterocycles. The van der Waals surface area contributed by atoms with Gasteiger partial charge < -0.3 is 14.4 Å². The summed E-state index contributed by atoms with van der Waals surface area (Å²) in [6.45, 7) is 3.88. The molecule has 23 heavy (non-hydrogen) atoms. The third-order valence-corrected chi connectivity index (χ3v) is 4.66. The SMILES string of the molecule is CCCC(=O)OC12CCCN(C1)/C(=C/c1cccc(OC)c1)C2. The summed E-state index contributed by atoms with van der Waals surface area (Å²) in [4.78, 5) is 14.3. The standard InChI is InChI=1S/C19H25NO3/c1-3-6-18(21)23-19-9-5-10-20(14-19)16(13-19)11-15-7-4-8-17(12-15)22-2/h4,7-8,11-12H,3,5-6,9-10,13-14H2,1-2H3/b16-11+. The molecule has 3 rings (SSSR count). The van der Waals surface area contributed by atoms with Gasteiger partial charge in [-0.3, -0.25) is 4.79 Å². The van der Waals surface area contributed by atoms with E-state index in [-0.39, 0.29) is 11.6 Å². The summed E-state index contributed by atoms with van der Waals surface area (Å²) in [7, 11) is 1.68. The number of piperidine rings is 1. The predicted molar refractivity (Wildman–Crippen MR) is 90.1 cm³/mol. The second-order valence-electron chi connectivity index (χ2n) is 6.52. The van der Waals surface area contributed by atoms with Gasteiger partial charge in [0.15, 0.2) is 0 Å². The van der Waals surface area contributed by atoms with Gasteiger partial charge in [-0.05, 0) is 43.0 Å². The highest BCUT2D eigenvalue weighted by atomic mass is 16.6. The van der Waals surface area contributed by atoms with Crippen molar-refractivity contribution in [2.24, 2.45) is 0 Å². The van der Waals surface area contributed by atoms with Crippen LogP contribution in [0.5, 0.6) is 5.75 Å². The lowest BCUT2D eigenvalue weighted by molar-refractivity contribution is -0.160. The molecule has 1 unspecified atom stereocenters. The van der Waals surface area contributed by atoms with Gasteiger partial charge in [-0.25, -0.2) is 0 Å². The normalized spacial score (nSPS) is 24.8. The number of nitrogens with zero attached hydrogens (tertiary/aromatic N) is 1. The maximum Gasteiger partial charge on any atom is 0.306 e. The number of benzene rings is 1. The quantitative estimate of drug-likeness (QED) is 0.778. The molecule has 1 aromatic rings. The lowest BCUT2D eigenvalue weighted by Gasteiger charge is -2.33. The first-order chi connectivity index (χ1) is 11.1. The molecule has 124 valence electrons. The number of hydrogen-bond acceptors (Lipinski definition) is 4. The first-order valence-corrected chi connectivity index (χ1v) is 8.45. The van der Waals surface area contributed by atoms with Gasteiger partial charge in [-0.1, -0.05) is 19.1 Å². The van der Waals surface area contributed by atoms with Gasteiger partial charge in [0.25, 0.3) is 0 Å². The van der Waals surface area contributed by atoms with E-state index < -0.39 is 0 Å². The van der Waals surface area contributed by atoms with Crippen LogP contribution in [-0.4, -0.2) is 36.7 Å². The van der Waals surface area contributed by atoms with Gasteiger partial charge >= 0.3 is 5.97 Å². The highest BCUT2D eigenvalue weighted by Crippen LogP contribution is 2.41. The Labute approximate surface area is 138 Å². The third kappa shape index (κ3) is 3.52. The molecule has 1 atom stereocenters. The molecule has 1 aromatic carbocycles. The zero-order chi connectivity index (χ0) is 16.3. The van der Waals surface area contributed by atoms with Gasteiger partial charge in [0, 0.05) is 25.1 Å². The van der Waals surface area contributed by atoms with Crippen molar-refractivity contribution in [1.82, 2.24) is 4.90 Å². The monoisotopic (exact) mass is 315 g/mol. The molecule has 0 saturated carbocycles. The fraction of sp³-hybridized carbons (Fsp3) is 0.526. The number of esters is 1. The lowest BCUT2D eigenvalue weighted by Crippen LogP contribution is -2.42. The molecule has 2 saturated heterocycles. The fourth-order valence-electron chi connectivity index (χ4n) is 3.61. The number of rotatable bonds is 5. The van der Waals surface area contributed by atoms with Crippen molar-refractivity contribution in [3.8, 4) is 5.75 Å². The van der Waals surface area contributed by atoms with Crippen molar-refractivity contribution in [3.63, 3.8) is 0 Å². The second-order valence-corrected chi connectivity index (χ2v) is 6.52. The summed E-state index contributed by atoms with van der Waals surface area (Å²) in [5.74, 6) is 0.802. The Hall–Kier alpha value is -1.97. The van der Waals surface area contributed by atoms with E-state index in [0.29, 0.717) is 6.42 Å². The van der Waals surface area contributed by atoms with E-state index >= 15 is 0 Å². The Morgan fingerprint density at radius 3 is 3.09 bits per heavy atom. The van der Waals surface area contributed by atoms with Crippen LogP contribution in [0.3, 0.4) is 0 Å². The first kappa shape index (κ1) is 15.9. The zero-order valence-electron chi connectivity index (χ0n) is 14.0. The molecule has 2 fully saturated rings. The van der Waals surface area contributed by atoms with Crippen LogP contribution in [0.25, 0.3) is 6.08 Å². The molecule has 0 amide bonds. The summed E-state index contributed by atoms with van der Waals surface area (Å²) in [5.41, 5.74) is 2.08. The Morgan fingerprint density at radius 1 is 1.43 bits per heavy atom. The molecule has 0 aromatic heterocycles. The summed E-state index contributed by atoms with van der Waals surface area (Å²) in [5, 5.41) is 0. The van der Waals surface area contributed by atoms with E-state index in [1.807, 2.05) is 25.1 Å². The molecular formula is C19H25NO3. The van der Waals surface area contributed by atoms with E-state index in [1.165, 1.54) is 5.70 Å². The molecule has 0 aliphatic carbocycles. The fourth-order valence-corrected chi connectivity index (χ4v) is 3.61. The van der Waals surface area contributed by atoms with E-state index in [1.54, 1.807) is 7.11 Å². The number of methoxy groups -OCH3 is 1. The zero-order valence-corrected chi connectivity index (χ0v) is 14.0. The maximum absolute atomic E-state index is 12.0. The van der Waals surface area contributed by atoms with E-state index in [2.05, 4.69) is 17.0 Å². The van der Waals surface area contributed by atoms with Crippen LogP contribution in [0.1, 0.15) is 44.6 Å². The third-order valence-electron chi connectivity index (χ3n) is 4.66. The van der Waals surface area contributed by atoms with Crippen molar-refractivity contribution in [3.05, 3.63) is 35.5 Å². The second kappa shape index (κ2) is 6.65. The minimum Gasteiger partial charge on any atom is -0.497 e. The maximum atomic E-state index is 12.0. The minimum absolute atomic E-state index is 0.0584. The van der Waals surface area contributed by atoms with Crippen LogP contribution in [-0.2, 0) is 9.53 Å². The molecule has 2 aliphatic rings. The first-order valence-electron chi connectivity index (χ1n) is 8.45. The summed E-state index contributed by atoms with van der Waals surface area (Å²) in [6.07, 6.45) is 6.41. The van der Waals surface area contributed by atoms with Gasteiger partial charge in [0.05, 0.1) is 13.7 Å². The molecular weight excluding hydrogens is 290 g/mol. The average Bonchev–Trinajstić information content (AvgIpc) is 2.77. The molecule has 2 bridgehead atoms. The topological polar surface area (TPSA) is 38.8 Å². The van der Waals surface area contributed by atoms with Crippen LogP contribution in [0.4, 0.5) is 0 Å². The van der Waals surface area contributed by atoms with Crippen LogP contribution in [0.2, 0.25) is 0 Å². The van der Waals surface area contributed by atoms with Crippen molar-refractivity contribution >= 4 is 12.0 Å². The molecule has 4 nitrogen and oxygen atoms in total. The molecule has 0 radical (unpaired) electrons.